The average Bonchev–Trinajstić information content (AvgIpc) is 2.89. The van der Waals surface area contributed by atoms with E-state index in [0.29, 0.717) is 4.90 Å². The van der Waals surface area contributed by atoms with Crippen molar-refractivity contribution in [1.82, 2.24) is 0 Å². The Labute approximate surface area is 150 Å². The summed E-state index contributed by atoms with van der Waals surface area (Å²) >= 11 is 0. The number of hydrogen-bond acceptors (Lipinski definition) is 2. The zero-order valence-corrected chi connectivity index (χ0v) is 15.6. The average molecular weight is 355 g/mol. The molecule has 0 aromatic heterocycles. The van der Waals surface area contributed by atoms with Crippen molar-refractivity contribution in [1.29, 1.82) is 0 Å². The molecule has 2 unspecified atom stereocenters. The molecule has 3 heteroatoms. The Balaban J connectivity index is 1.66. The van der Waals surface area contributed by atoms with Crippen molar-refractivity contribution in [2.45, 2.75) is 69.1 Å². The molecule has 1 fully saturated rings. The van der Waals surface area contributed by atoms with E-state index in [-0.39, 0.29) is 10.8 Å². The van der Waals surface area contributed by atoms with Gasteiger partial charge in [-0.1, -0.05) is 61.1 Å². The minimum Gasteiger partial charge on any atom is -0.219 e. The molecule has 1 saturated carbocycles. The summed E-state index contributed by atoms with van der Waals surface area (Å²) in [5.41, 5.74) is 3.13. The summed E-state index contributed by atoms with van der Waals surface area (Å²) in [6.07, 6.45) is 14.2. The molecule has 0 N–H and O–H groups in total. The first-order chi connectivity index (χ1) is 12.1. The first-order valence-corrected chi connectivity index (χ1v) is 11.4. The summed E-state index contributed by atoms with van der Waals surface area (Å²) in [4.78, 5) is 1.21. The maximum atomic E-state index is 13.4. The highest BCUT2D eigenvalue weighted by Crippen LogP contribution is 2.79. The fourth-order valence-corrected chi connectivity index (χ4v) is 8.29. The second kappa shape index (κ2) is 5.33. The number of benzene rings is 1. The molecule has 5 rings (SSSR count). The Bertz CT molecular complexity index is 878. The summed E-state index contributed by atoms with van der Waals surface area (Å²) in [6.45, 7) is 0. The second-order valence-corrected chi connectivity index (χ2v) is 10.2. The number of sulfone groups is 1. The van der Waals surface area contributed by atoms with Gasteiger partial charge in [0.25, 0.3) is 0 Å². The third kappa shape index (κ3) is 1.83. The van der Waals surface area contributed by atoms with E-state index in [9.17, 15) is 8.42 Å². The molecule has 2 atom stereocenters. The van der Waals surface area contributed by atoms with E-state index in [1.54, 1.807) is 17.7 Å². The number of allylic oxidation sites excluding steroid dienone is 4. The van der Waals surface area contributed by atoms with Gasteiger partial charge >= 0.3 is 0 Å². The molecule has 1 aromatic carbocycles. The molecule has 0 bridgehead atoms. The highest BCUT2D eigenvalue weighted by atomic mass is 32.2. The van der Waals surface area contributed by atoms with Crippen molar-refractivity contribution in [2.75, 3.05) is 0 Å². The molecule has 4 aliphatic carbocycles. The van der Waals surface area contributed by atoms with Crippen molar-refractivity contribution < 1.29 is 8.42 Å². The largest absolute Gasteiger partial charge is 0.219 e. The number of rotatable bonds is 2. The lowest BCUT2D eigenvalue weighted by atomic mass is 9.37. The van der Waals surface area contributed by atoms with Gasteiger partial charge in [0.2, 0.25) is 9.84 Å². The van der Waals surface area contributed by atoms with Crippen molar-refractivity contribution in [3.8, 4) is 0 Å². The SMILES string of the molecule is O=S(=O)(C1=CC23CCCCCC12C1=C3CCCCC1)c1ccccc1. The van der Waals surface area contributed by atoms with Gasteiger partial charge in [-0.2, -0.15) is 0 Å². The van der Waals surface area contributed by atoms with Crippen molar-refractivity contribution in [3.05, 3.63) is 52.5 Å². The van der Waals surface area contributed by atoms with Gasteiger partial charge in [0, 0.05) is 10.8 Å². The van der Waals surface area contributed by atoms with E-state index in [2.05, 4.69) is 6.08 Å². The molecular weight excluding hydrogens is 328 g/mol. The van der Waals surface area contributed by atoms with Gasteiger partial charge in [0.1, 0.15) is 0 Å². The summed E-state index contributed by atoms with van der Waals surface area (Å²) in [6, 6.07) is 9.06. The molecule has 1 aromatic rings. The Morgan fingerprint density at radius 2 is 1.44 bits per heavy atom. The van der Waals surface area contributed by atoms with Gasteiger partial charge in [-0.3, -0.25) is 0 Å². The first-order valence-electron chi connectivity index (χ1n) is 9.89. The Hall–Kier alpha value is -1.35. The third-order valence-electron chi connectivity index (χ3n) is 7.30. The van der Waals surface area contributed by atoms with Crippen molar-refractivity contribution >= 4 is 9.84 Å². The van der Waals surface area contributed by atoms with E-state index in [4.69, 9.17) is 0 Å². The molecule has 0 saturated heterocycles. The van der Waals surface area contributed by atoms with Crippen LogP contribution in [0.2, 0.25) is 0 Å². The molecule has 0 spiro atoms. The Morgan fingerprint density at radius 1 is 0.760 bits per heavy atom. The lowest BCUT2D eigenvalue weighted by Crippen LogP contribution is -2.60. The molecule has 0 heterocycles. The molecular formula is C22H26O2S. The van der Waals surface area contributed by atoms with Crippen LogP contribution in [0.15, 0.2) is 57.4 Å². The highest BCUT2D eigenvalue weighted by Gasteiger charge is 2.71. The first kappa shape index (κ1) is 15.9. The van der Waals surface area contributed by atoms with Crippen LogP contribution in [0.3, 0.4) is 0 Å². The van der Waals surface area contributed by atoms with Crippen LogP contribution in [0.1, 0.15) is 64.2 Å². The minimum atomic E-state index is -3.37. The van der Waals surface area contributed by atoms with Gasteiger partial charge < -0.3 is 0 Å². The Kier molecular flexibility index (Phi) is 3.38. The third-order valence-corrected chi connectivity index (χ3v) is 9.24. The van der Waals surface area contributed by atoms with Crippen LogP contribution in [0.25, 0.3) is 0 Å². The van der Waals surface area contributed by atoms with Crippen LogP contribution in [0, 0.1) is 10.8 Å². The molecule has 132 valence electrons. The summed E-state index contributed by atoms with van der Waals surface area (Å²) < 4.78 is 26.9. The van der Waals surface area contributed by atoms with E-state index < -0.39 is 9.84 Å². The maximum Gasteiger partial charge on any atom is 0.203 e. The summed E-state index contributed by atoms with van der Waals surface area (Å²) in [7, 11) is -3.37. The maximum absolute atomic E-state index is 13.4. The van der Waals surface area contributed by atoms with E-state index in [1.165, 1.54) is 56.9 Å². The van der Waals surface area contributed by atoms with Crippen molar-refractivity contribution in [3.63, 3.8) is 0 Å². The van der Waals surface area contributed by atoms with E-state index >= 15 is 0 Å². The Morgan fingerprint density at radius 3 is 2.24 bits per heavy atom. The molecule has 0 amide bonds. The molecule has 25 heavy (non-hydrogen) atoms. The van der Waals surface area contributed by atoms with Crippen LogP contribution >= 0.6 is 0 Å². The predicted molar refractivity (Wildman–Crippen MR) is 99.8 cm³/mol. The standard InChI is InChI=1S/C22H26O2S/c23-25(24,17-10-4-1-5-11-17)20-16-21-14-8-3-9-15-22(20,21)19-13-7-2-6-12-18(19)21/h1,4-5,10-11,16H,2-3,6-9,12-15H2. The molecule has 4 aliphatic rings. The van der Waals surface area contributed by atoms with Gasteiger partial charge in [0.15, 0.2) is 0 Å². The van der Waals surface area contributed by atoms with Crippen molar-refractivity contribution in [2.24, 2.45) is 10.8 Å². The monoisotopic (exact) mass is 354 g/mol. The zero-order chi connectivity index (χ0) is 17.1. The topological polar surface area (TPSA) is 34.1 Å². The molecule has 0 radical (unpaired) electrons. The quantitative estimate of drug-likeness (QED) is 0.651. The fraction of sp³-hybridized carbons (Fsp3) is 0.545. The summed E-state index contributed by atoms with van der Waals surface area (Å²) in [5.74, 6) is 0. The summed E-state index contributed by atoms with van der Waals surface area (Å²) in [5, 5.41) is 0. The molecule has 0 aliphatic heterocycles. The van der Waals surface area contributed by atoms with Gasteiger partial charge in [-0.25, -0.2) is 8.42 Å². The lowest BCUT2D eigenvalue weighted by Gasteiger charge is -2.67. The van der Waals surface area contributed by atoms with Crippen LogP contribution in [0.5, 0.6) is 0 Å². The van der Waals surface area contributed by atoms with Crippen LogP contribution < -0.4 is 0 Å². The fourth-order valence-electron chi connectivity index (χ4n) is 6.30. The van der Waals surface area contributed by atoms with Crippen LogP contribution in [0.4, 0.5) is 0 Å². The lowest BCUT2D eigenvalue weighted by molar-refractivity contribution is 0.0973. The highest BCUT2D eigenvalue weighted by molar-refractivity contribution is 7.95. The molecule has 2 nitrogen and oxygen atoms in total. The van der Waals surface area contributed by atoms with E-state index in [1.807, 2.05) is 18.2 Å². The van der Waals surface area contributed by atoms with Gasteiger partial charge in [-0.05, 0) is 50.7 Å². The zero-order valence-electron chi connectivity index (χ0n) is 14.8. The predicted octanol–water partition coefficient (Wildman–Crippen LogP) is 5.57. The smallest absolute Gasteiger partial charge is 0.203 e. The number of hydrogen-bond donors (Lipinski definition) is 0. The van der Waals surface area contributed by atoms with Crippen LogP contribution in [-0.2, 0) is 9.84 Å². The van der Waals surface area contributed by atoms with E-state index in [0.717, 1.165) is 17.7 Å². The van der Waals surface area contributed by atoms with Gasteiger partial charge in [0.05, 0.1) is 9.80 Å². The minimum absolute atomic E-state index is 0.0976. The van der Waals surface area contributed by atoms with Crippen LogP contribution in [-0.4, -0.2) is 8.42 Å². The second-order valence-electron chi connectivity index (χ2n) is 8.28. The van der Waals surface area contributed by atoms with Gasteiger partial charge in [-0.15, -0.1) is 0 Å². The normalized spacial score (nSPS) is 34.3.